The van der Waals surface area contributed by atoms with Gasteiger partial charge in [-0.25, -0.2) is 18.2 Å². The number of carboxylic acids is 1. The average Bonchev–Trinajstić information content (AvgIpc) is 2.52. The number of nitrogens with zero attached hydrogens (tertiary/aromatic N) is 3. The number of imidazole rings is 1. The van der Waals surface area contributed by atoms with Crippen LogP contribution >= 0.6 is 0 Å². The van der Waals surface area contributed by atoms with Crippen LogP contribution in [0.2, 0.25) is 0 Å². The molecule has 0 amide bonds. The molecule has 18 heavy (non-hydrogen) atoms. The predicted octanol–water partition coefficient (Wildman–Crippen LogP) is -0.374. The Morgan fingerprint density at radius 2 is 2.00 bits per heavy atom. The summed E-state index contributed by atoms with van der Waals surface area (Å²) >= 11 is 0. The molecule has 1 heterocycles. The van der Waals surface area contributed by atoms with Crippen molar-refractivity contribution in [2.45, 2.75) is 11.6 Å². The fraction of sp³-hybridized carbons (Fsp3) is 0.600. The van der Waals surface area contributed by atoms with Crippen molar-refractivity contribution in [3.8, 4) is 0 Å². The largest absolute Gasteiger partial charge is 0.476 e. The van der Waals surface area contributed by atoms with E-state index in [0.717, 1.165) is 6.26 Å². The molecule has 0 unspecified atom stereocenters. The molecule has 102 valence electrons. The lowest BCUT2D eigenvalue weighted by Crippen LogP contribution is -2.18. The monoisotopic (exact) mass is 275 g/mol. The first-order valence-electron chi connectivity index (χ1n) is 5.28. The normalized spacial score (nSPS) is 12.1. The lowest BCUT2D eigenvalue weighted by molar-refractivity contribution is 0.0689. The highest BCUT2D eigenvalue weighted by atomic mass is 32.2. The Bertz CT molecular complexity index is 560. The summed E-state index contributed by atoms with van der Waals surface area (Å²) in [5.74, 6) is -1.21. The number of carboxylic acid groups (broad SMARTS) is 1. The van der Waals surface area contributed by atoms with Gasteiger partial charge in [-0.05, 0) is 14.1 Å². The van der Waals surface area contributed by atoms with Crippen molar-refractivity contribution >= 4 is 15.8 Å². The van der Waals surface area contributed by atoms with Crippen LogP contribution in [-0.2, 0) is 23.3 Å². The third kappa shape index (κ3) is 3.08. The van der Waals surface area contributed by atoms with Crippen LogP contribution in [0.1, 0.15) is 16.2 Å². The summed E-state index contributed by atoms with van der Waals surface area (Å²) in [7, 11) is 1.69. The van der Waals surface area contributed by atoms with Gasteiger partial charge in [0.2, 0.25) is 15.0 Å². The number of rotatable bonds is 5. The number of carbonyl (C=O) groups is 1. The molecule has 0 aliphatic rings. The first-order valence-corrected chi connectivity index (χ1v) is 7.17. The minimum Gasteiger partial charge on any atom is -0.476 e. The third-order valence-corrected chi connectivity index (χ3v) is 3.53. The molecule has 1 aromatic heterocycles. The summed E-state index contributed by atoms with van der Waals surface area (Å²) in [5, 5.41) is 8.84. The molecule has 0 fully saturated rings. The van der Waals surface area contributed by atoms with Crippen molar-refractivity contribution in [3.05, 3.63) is 11.4 Å². The molecule has 8 heteroatoms. The highest BCUT2D eigenvalue weighted by molar-refractivity contribution is 7.90. The standard InChI is InChI=1S/C10H17N3O4S/c1-12(2)6-5-7-8(9(14)15)11-10(13(7)3)18(4,16)17/h5-6H2,1-4H3,(H,14,15). The van der Waals surface area contributed by atoms with Gasteiger partial charge in [-0.3, -0.25) is 0 Å². The Kier molecular flexibility index (Phi) is 4.12. The fourth-order valence-electron chi connectivity index (χ4n) is 1.63. The van der Waals surface area contributed by atoms with E-state index in [1.54, 1.807) is 0 Å². The predicted molar refractivity (Wildman–Crippen MR) is 65.5 cm³/mol. The average molecular weight is 275 g/mol. The van der Waals surface area contributed by atoms with Crippen molar-refractivity contribution in [3.63, 3.8) is 0 Å². The van der Waals surface area contributed by atoms with E-state index in [1.807, 2.05) is 19.0 Å². The Morgan fingerprint density at radius 1 is 1.44 bits per heavy atom. The van der Waals surface area contributed by atoms with Crippen molar-refractivity contribution < 1.29 is 18.3 Å². The van der Waals surface area contributed by atoms with Crippen LogP contribution in [-0.4, -0.2) is 60.8 Å². The number of aromatic carboxylic acids is 1. The summed E-state index contributed by atoms with van der Waals surface area (Å²) in [6.07, 6.45) is 1.43. The van der Waals surface area contributed by atoms with Gasteiger partial charge in [-0.1, -0.05) is 0 Å². The summed E-state index contributed by atoms with van der Waals surface area (Å²) in [5.41, 5.74) is 0.219. The minimum atomic E-state index is -3.53. The van der Waals surface area contributed by atoms with Crippen LogP contribution in [0, 0.1) is 0 Å². The van der Waals surface area contributed by atoms with Crippen molar-refractivity contribution in [2.24, 2.45) is 7.05 Å². The van der Waals surface area contributed by atoms with E-state index in [0.29, 0.717) is 18.7 Å². The second-order valence-corrected chi connectivity index (χ2v) is 6.29. The summed E-state index contributed by atoms with van der Waals surface area (Å²) in [6.45, 7) is 0.614. The van der Waals surface area contributed by atoms with Gasteiger partial charge in [0, 0.05) is 26.3 Å². The molecule has 0 bridgehead atoms. The molecule has 0 radical (unpaired) electrons. The molecular formula is C10H17N3O4S. The molecule has 0 aliphatic heterocycles. The van der Waals surface area contributed by atoms with Crippen LogP contribution in [0.5, 0.6) is 0 Å². The molecular weight excluding hydrogens is 258 g/mol. The van der Waals surface area contributed by atoms with Crippen molar-refractivity contribution in [2.75, 3.05) is 26.9 Å². The smallest absolute Gasteiger partial charge is 0.356 e. The highest BCUT2D eigenvalue weighted by Gasteiger charge is 2.24. The Labute approximate surface area is 106 Å². The topological polar surface area (TPSA) is 92.5 Å². The lowest BCUT2D eigenvalue weighted by Gasteiger charge is -2.10. The molecule has 1 N–H and O–H groups in total. The quantitative estimate of drug-likeness (QED) is 0.788. The molecule has 1 rings (SSSR count). The van der Waals surface area contributed by atoms with Gasteiger partial charge < -0.3 is 14.6 Å². The van der Waals surface area contributed by atoms with Gasteiger partial charge in [-0.15, -0.1) is 0 Å². The highest BCUT2D eigenvalue weighted by Crippen LogP contribution is 2.15. The zero-order valence-corrected chi connectivity index (χ0v) is 11.7. The van der Waals surface area contributed by atoms with E-state index in [-0.39, 0.29) is 10.9 Å². The number of hydrogen-bond donors (Lipinski definition) is 1. The first-order chi connectivity index (χ1) is 8.14. The molecule has 0 saturated carbocycles. The van der Waals surface area contributed by atoms with Crippen LogP contribution in [0.15, 0.2) is 5.16 Å². The van der Waals surface area contributed by atoms with Gasteiger partial charge in [0.15, 0.2) is 5.69 Å². The van der Waals surface area contributed by atoms with E-state index in [1.165, 1.54) is 11.6 Å². The van der Waals surface area contributed by atoms with Gasteiger partial charge >= 0.3 is 5.97 Å². The van der Waals surface area contributed by atoms with Gasteiger partial charge in [0.05, 0.1) is 5.69 Å². The van der Waals surface area contributed by atoms with E-state index in [2.05, 4.69) is 4.98 Å². The van der Waals surface area contributed by atoms with E-state index < -0.39 is 15.8 Å². The molecule has 0 aliphatic carbocycles. The van der Waals surface area contributed by atoms with Crippen LogP contribution in [0.3, 0.4) is 0 Å². The zero-order chi connectivity index (χ0) is 14.1. The fourth-order valence-corrected chi connectivity index (χ4v) is 2.49. The summed E-state index contributed by atoms with van der Waals surface area (Å²) < 4.78 is 24.3. The van der Waals surface area contributed by atoms with E-state index in [9.17, 15) is 13.2 Å². The second-order valence-electron chi connectivity index (χ2n) is 4.38. The molecule has 0 atom stereocenters. The Hall–Kier alpha value is -1.41. The minimum absolute atomic E-state index is 0.195. The molecule has 0 aromatic carbocycles. The van der Waals surface area contributed by atoms with Crippen LogP contribution in [0.25, 0.3) is 0 Å². The maximum absolute atomic E-state index is 11.5. The van der Waals surface area contributed by atoms with Crippen molar-refractivity contribution in [1.82, 2.24) is 14.5 Å². The maximum Gasteiger partial charge on any atom is 0.356 e. The van der Waals surface area contributed by atoms with Crippen molar-refractivity contribution in [1.29, 1.82) is 0 Å². The van der Waals surface area contributed by atoms with Gasteiger partial charge in [-0.2, -0.15) is 0 Å². The molecule has 7 nitrogen and oxygen atoms in total. The van der Waals surface area contributed by atoms with Gasteiger partial charge in [0.25, 0.3) is 0 Å². The third-order valence-electron chi connectivity index (χ3n) is 2.50. The number of hydrogen-bond acceptors (Lipinski definition) is 5. The Morgan fingerprint density at radius 3 is 2.39 bits per heavy atom. The zero-order valence-electron chi connectivity index (χ0n) is 10.8. The number of likely N-dealkylation sites (N-methyl/N-ethyl adjacent to an activating group) is 1. The number of aromatic nitrogens is 2. The summed E-state index contributed by atoms with van der Waals surface area (Å²) in [6, 6.07) is 0. The molecule has 0 spiro atoms. The SMILES string of the molecule is CN(C)CCc1c(C(=O)O)nc(S(C)(=O)=O)n1C. The second kappa shape index (κ2) is 5.07. The first kappa shape index (κ1) is 14.7. The maximum atomic E-state index is 11.5. The number of sulfone groups is 1. The van der Waals surface area contributed by atoms with Gasteiger partial charge in [0.1, 0.15) is 0 Å². The van der Waals surface area contributed by atoms with E-state index in [4.69, 9.17) is 5.11 Å². The Balaban J connectivity index is 3.30. The summed E-state index contributed by atoms with van der Waals surface area (Å²) in [4.78, 5) is 16.7. The van der Waals surface area contributed by atoms with E-state index >= 15 is 0 Å². The lowest BCUT2D eigenvalue weighted by atomic mass is 10.2. The molecule has 0 saturated heterocycles. The molecule has 1 aromatic rings. The van der Waals surface area contributed by atoms with Crippen LogP contribution < -0.4 is 0 Å². The van der Waals surface area contributed by atoms with Crippen LogP contribution in [0.4, 0.5) is 0 Å².